The zero-order valence-electron chi connectivity index (χ0n) is 10.7. The number of benzene rings is 2. The summed E-state index contributed by atoms with van der Waals surface area (Å²) in [6.45, 7) is 0. The van der Waals surface area contributed by atoms with Crippen LogP contribution in [0.3, 0.4) is 0 Å². The first-order valence-corrected chi connectivity index (χ1v) is 7.13. The van der Waals surface area contributed by atoms with Crippen LogP contribution in [0.15, 0.2) is 48.7 Å². The van der Waals surface area contributed by atoms with Gasteiger partial charge >= 0.3 is 6.03 Å². The van der Waals surface area contributed by atoms with Gasteiger partial charge in [-0.15, -0.1) is 0 Å². The predicted octanol–water partition coefficient (Wildman–Crippen LogP) is 5.44. The second-order valence-corrected chi connectivity index (χ2v) is 5.30. The summed E-state index contributed by atoms with van der Waals surface area (Å²) in [4.78, 5) is 11.7. The van der Waals surface area contributed by atoms with Crippen LogP contribution in [0.1, 0.15) is 5.56 Å². The molecule has 6 heteroatoms. The van der Waals surface area contributed by atoms with Gasteiger partial charge in [-0.05, 0) is 35.9 Å². The van der Waals surface area contributed by atoms with Crippen LogP contribution in [-0.2, 0) is 0 Å². The van der Waals surface area contributed by atoms with Gasteiger partial charge in [0.1, 0.15) is 0 Å². The lowest BCUT2D eigenvalue weighted by molar-refractivity contribution is 0.255. The average Bonchev–Trinajstić information content (AvgIpc) is 2.45. The van der Waals surface area contributed by atoms with Crippen molar-refractivity contribution in [3.8, 4) is 0 Å². The normalized spacial score (nSPS) is 10.6. The fraction of sp³-hybridized carbons (Fsp3) is 0. The summed E-state index contributed by atoms with van der Waals surface area (Å²) in [5, 5.41) is 6.63. The molecule has 0 fully saturated rings. The lowest BCUT2D eigenvalue weighted by atomic mass is 10.2. The first-order valence-electron chi connectivity index (χ1n) is 6.00. The Labute approximate surface area is 137 Å². The van der Waals surface area contributed by atoms with E-state index in [1.54, 1.807) is 30.3 Å². The molecule has 2 aromatic carbocycles. The van der Waals surface area contributed by atoms with Gasteiger partial charge in [0.15, 0.2) is 0 Å². The highest BCUT2D eigenvalue weighted by Crippen LogP contribution is 2.24. The molecule has 0 aromatic heterocycles. The van der Waals surface area contributed by atoms with E-state index in [4.69, 9.17) is 34.8 Å². The molecule has 0 heterocycles. The SMILES string of the molecule is O=C(N/C=C/c1ccccc1Cl)Nc1ccc(Cl)c(Cl)c1. The molecule has 21 heavy (non-hydrogen) atoms. The Morgan fingerprint density at radius 3 is 2.43 bits per heavy atom. The number of halogens is 3. The molecule has 2 amide bonds. The molecule has 2 aromatic rings. The Balaban J connectivity index is 1.93. The molecule has 0 radical (unpaired) electrons. The number of hydrogen-bond donors (Lipinski definition) is 2. The summed E-state index contributed by atoms with van der Waals surface area (Å²) in [5.74, 6) is 0. The number of carbonyl (C=O) groups excluding carboxylic acids is 1. The molecule has 0 unspecified atom stereocenters. The fourth-order valence-electron chi connectivity index (χ4n) is 1.56. The van der Waals surface area contributed by atoms with Gasteiger partial charge in [-0.1, -0.05) is 53.0 Å². The molecule has 3 nitrogen and oxygen atoms in total. The van der Waals surface area contributed by atoms with Gasteiger partial charge in [0.05, 0.1) is 10.0 Å². The van der Waals surface area contributed by atoms with Gasteiger partial charge in [0, 0.05) is 16.9 Å². The summed E-state index contributed by atoms with van der Waals surface area (Å²) >= 11 is 17.7. The molecule has 2 rings (SSSR count). The van der Waals surface area contributed by atoms with Crippen LogP contribution in [0.5, 0.6) is 0 Å². The fourth-order valence-corrected chi connectivity index (χ4v) is 2.06. The number of urea groups is 1. The summed E-state index contributed by atoms with van der Waals surface area (Å²) in [6.07, 6.45) is 3.21. The van der Waals surface area contributed by atoms with E-state index < -0.39 is 6.03 Å². The third-order valence-corrected chi connectivity index (χ3v) is 3.64. The Morgan fingerprint density at radius 1 is 0.952 bits per heavy atom. The van der Waals surface area contributed by atoms with Gasteiger partial charge < -0.3 is 10.6 Å². The molecule has 108 valence electrons. The number of rotatable bonds is 3. The van der Waals surface area contributed by atoms with Crippen molar-refractivity contribution in [3.63, 3.8) is 0 Å². The third-order valence-electron chi connectivity index (χ3n) is 2.56. The Kier molecular flexibility index (Phi) is 5.51. The minimum absolute atomic E-state index is 0.376. The smallest absolute Gasteiger partial charge is 0.314 e. The summed E-state index contributed by atoms with van der Waals surface area (Å²) < 4.78 is 0. The summed E-state index contributed by atoms with van der Waals surface area (Å²) in [6, 6.07) is 11.8. The second kappa shape index (κ2) is 7.36. The lowest BCUT2D eigenvalue weighted by Crippen LogP contribution is -2.23. The molecular formula is C15H11Cl3N2O. The summed E-state index contributed by atoms with van der Waals surface area (Å²) in [7, 11) is 0. The van der Waals surface area contributed by atoms with Crippen molar-refractivity contribution in [2.24, 2.45) is 0 Å². The first-order chi connectivity index (χ1) is 10.1. The highest BCUT2D eigenvalue weighted by atomic mass is 35.5. The Morgan fingerprint density at radius 2 is 1.71 bits per heavy atom. The van der Waals surface area contributed by atoms with Crippen molar-refractivity contribution >= 4 is 52.6 Å². The van der Waals surface area contributed by atoms with Crippen LogP contribution < -0.4 is 10.6 Å². The van der Waals surface area contributed by atoms with Crippen LogP contribution in [0.2, 0.25) is 15.1 Å². The zero-order chi connectivity index (χ0) is 15.2. The molecule has 0 saturated heterocycles. The maximum absolute atomic E-state index is 11.7. The van der Waals surface area contributed by atoms with Crippen molar-refractivity contribution in [2.45, 2.75) is 0 Å². The van der Waals surface area contributed by atoms with E-state index in [0.29, 0.717) is 20.8 Å². The van der Waals surface area contributed by atoms with Crippen molar-refractivity contribution in [2.75, 3.05) is 5.32 Å². The van der Waals surface area contributed by atoms with E-state index in [0.717, 1.165) is 5.56 Å². The van der Waals surface area contributed by atoms with E-state index in [-0.39, 0.29) is 0 Å². The summed E-state index contributed by atoms with van der Waals surface area (Å²) in [5.41, 5.74) is 1.36. The van der Waals surface area contributed by atoms with Gasteiger partial charge in [0.2, 0.25) is 0 Å². The minimum Gasteiger partial charge on any atom is -0.314 e. The van der Waals surface area contributed by atoms with Crippen LogP contribution in [0.25, 0.3) is 6.08 Å². The van der Waals surface area contributed by atoms with Gasteiger partial charge in [-0.25, -0.2) is 4.79 Å². The molecule has 0 aliphatic rings. The van der Waals surface area contributed by atoms with Crippen molar-refractivity contribution < 1.29 is 4.79 Å². The Hall–Kier alpha value is -1.68. The van der Waals surface area contributed by atoms with Crippen LogP contribution in [0.4, 0.5) is 10.5 Å². The van der Waals surface area contributed by atoms with Crippen molar-refractivity contribution in [1.29, 1.82) is 0 Å². The molecular weight excluding hydrogens is 331 g/mol. The van der Waals surface area contributed by atoms with Gasteiger partial charge in [-0.3, -0.25) is 0 Å². The van der Waals surface area contributed by atoms with E-state index in [9.17, 15) is 4.79 Å². The highest BCUT2D eigenvalue weighted by Gasteiger charge is 2.02. The number of anilines is 1. The van der Waals surface area contributed by atoms with Gasteiger partial charge in [-0.2, -0.15) is 0 Å². The van der Waals surface area contributed by atoms with E-state index in [2.05, 4.69) is 10.6 Å². The maximum Gasteiger partial charge on any atom is 0.323 e. The molecule has 0 saturated carbocycles. The van der Waals surface area contributed by atoms with Crippen LogP contribution in [0, 0.1) is 0 Å². The highest BCUT2D eigenvalue weighted by molar-refractivity contribution is 6.42. The van der Waals surface area contributed by atoms with Crippen molar-refractivity contribution in [3.05, 3.63) is 69.3 Å². The molecule has 0 spiro atoms. The molecule has 0 aliphatic carbocycles. The molecule has 2 N–H and O–H groups in total. The predicted molar refractivity (Wildman–Crippen MR) is 89.1 cm³/mol. The average molecular weight is 342 g/mol. The largest absolute Gasteiger partial charge is 0.323 e. The van der Waals surface area contributed by atoms with Crippen molar-refractivity contribution in [1.82, 2.24) is 5.32 Å². The third kappa shape index (κ3) is 4.67. The topological polar surface area (TPSA) is 41.1 Å². The van der Waals surface area contributed by atoms with E-state index in [1.165, 1.54) is 6.20 Å². The van der Waals surface area contributed by atoms with Crippen LogP contribution >= 0.6 is 34.8 Å². The number of hydrogen-bond acceptors (Lipinski definition) is 1. The van der Waals surface area contributed by atoms with E-state index in [1.807, 2.05) is 18.2 Å². The second-order valence-electron chi connectivity index (χ2n) is 4.08. The number of carbonyl (C=O) groups is 1. The van der Waals surface area contributed by atoms with Crippen LogP contribution in [-0.4, -0.2) is 6.03 Å². The monoisotopic (exact) mass is 340 g/mol. The molecule has 0 atom stereocenters. The standard InChI is InChI=1S/C15H11Cl3N2O/c16-12-4-2-1-3-10(12)7-8-19-15(21)20-11-5-6-13(17)14(18)9-11/h1-9H,(H2,19,20,21)/b8-7+. The minimum atomic E-state index is -0.392. The first kappa shape index (κ1) is 15.7. The van der Waals surface area contributed by atoms with Gasteiger partial charge in [0.25, 0.3) is 0 Å². The maximum atomic E-state index is 11.7. The molecule has 0 aliphatic heterocycles. The van der Waals surface area contributed by atoms with E-state index >= 15 is 0 Å². The zero-order valence-corrected chi connectivity index (χ0v) is 13.0. The molecule has 0 bridgehead atoms. The number of amides is 2. The lowest BCUT2D eigenvalue weighted by Gasteiger charge is -2.05. The quantitative estimate of drug-likeness (QED) is 0.767. The number of nitrogens with one attached hydrogen (secondary N) is 2. The Bertz CT molecular complexity index is 686.